The molecule has 3 aromatic carbocycles. The van der Waals surface area contributed by atoms with Gasteiger partial charge in [0, 0.05) is 44.8 Å². The summed E-state index contributed by atoms with van der Waals surface area (Å²) >= 11 is 0. The van der Waals surface area contributed by atoms with E-state index in [1.807, 2.05) is 24.3 Å². The van der Waals surface area contributed by atoms with Gasteiger partial charge in [0.2, 0.25) is 6.79 Å². The fourth-order valence-electron chi connectivity index (χ4n) is 5.01. The summed E-state index contributed by atoms with van der Waals surface area (Å²) < 4.78 is 89.6. The molecule has 2 heterocycles. The van der Waals surface area contributed by atoms with E-state index in [-0.39, 0.29) is 6.79 Å². The van der Waals surface area contributed by atoms with Crippen molar-refractivity contribution < 1.29 is 40.9 Å². The van der Waals surface area contributed by atoms with Crippen LogP contribution in [0.25, 0.3) is 11.1 Å². The van der Waals surface area contributed by atoms with Gasteiger partial charge < -0.3 is 19.5 Å². The number of nitrogens with zero attached hydrogens (tertiary/aromatic N) is 2. The zero-order chi connectivity index (χ0) is 28.5. The summed E-state index contributed by atoms with van der Waals surface area (Å²) in [6, 6.07) is 17.0. The van der Waals surface area contributed by atoms with E-state index in [0.29, 0.717) is 23.3 Å². The molecule has 5 nitrogen and oxygen atoms in total. The van der Waals surface area contributed by atoms with E-state index in [0.717, 1.165) is 74.9 Å². The van der Waals surface area contributed by atoms with Gasteiger partial charge in [-0.2, -0.15) is 26.3 Å². The first kappa shape index (κ1) is 28.3. The van der Waals surface area contributed by atoms with Crippen molar-refractivity contribution in [3.8, 4) is 22.6 Å². The first-order chi connectivity index (χ1) is 18.9. The molecule has 0 aliphatic carbocycles. The number of benzene rings is 3. The van der Waals surface area contributed by atoms with E-state index in [2.05, 4.69) is 15.9 Å². The van der Waals surface area contributed by atoms with Gasteiger partial charge in [-0.05, 0) is 40.8 Å². The van der Waals surface area contributed by atoms with Crippen molar-refractivity contribution in [2.24, 2.45) is 0 Å². The van der Waals surface area contributed by atoms with Crippen LogP contribution in [-0.4, -0.2) is 66.8 Å². The number of hydrogen-bond acceptors (Lipinski definition) is 5. The maximum absolute atomic E-state index is 13.1. The molecule has 0 amide bonds. The van der Waals surface area contributed by atoms with Crippen LogP contribution < -0.4 is 9.47 Å². The van der Waals surface area contributed by atoms with Gasteiger partial charge in [0.25, 0.3) is 5.60 Å². The van der Waals surface area contributed by atoms with E-state index in [4.69, 9.17) is 9.47 Å². The molecule has 0 bridgehead atoms. The van der Waals surface area contributed by atoms with Crippen LogP contribution in [0.5, 0.6) is 11.5 Å². The molecule has 0 saturated carbocycles. The lowest BCUT2D eigenvalue weighted by Gasteiger charge is -2.34. The molecule has 40 heavy (non-hydrogen) atoms. The van der Waals surface area contributed by atoms with E-state index in [9.17, 15) is 31.4 Å². The maximum atomic E-state index is 13.1. The Hall–Kier alpha value is -3.28. The highest BCUT2D eigenvalue weighted by atomic mass is 19.4. The van der Waals surface area contributed by atoms with Crippen molar-refractivity contribution >= 4 is 0 Å². The summed E-state index contributed by atoms with van der Waals surface area (Å²) in [5.41, 5.74) is -2.86. The number of aliphatic hydroxyl groups is 1. The number of halogens is 6. The van der Waals surface area contributed by atoms with Gasteiger partial charge in [0.15, 0.2) is 11.5 Å². The zero-order valence-corrected chi connectivity index (χ0v) is 21.4. The van der Waals surface area contributed by atoms with Crippen molar-refractivity contribution in [3.63, 3.8) is 0 Å². The van der Waals surface area contributed by atoms with E-state index < -0.39 is 23.5 Å². The van der Waals surface area contributed by atoms with Crippen LogP contribution >= 0.6 is 0 Å². The fourth-order valence-corrected chi connectivity index (χ4v) is 5.01. The molecular formula is C29H28F6N2O3. The van der Waals surface area contributed by atoms with Crippen LogP contribution in [-0.2, 0) is 18.6 Å². The first-order valence-electron chi connectivity index (χ1n) is 12.8. The van der Waals surface area contributed by atoms with Crippen molar-refractivity contribution in [1.29, 1.82) is 0 Å². The van der Waals surface area contributed by atoms with Crippen LogP contribution in [0.4, 0.5) is 26.3 Å². The molecule has 0 radical (unpaired) electrons. The van der Waals surface area contributed by atoms with Gasteiger partial charge in [0.05, 0.1) is 0 Å². The quantitative estimate of drug-likeness (QED) is 0.369. The van der Waals surface area contributed by atoms with Crippen molar-refractivity contribution in [1.82, 2.24) is 9.80 Å². The molecule has 0 spiro atoms. The van der Waals surface area contributed by atoms with Crippen molar-refractivity contribution in [3.05, 3.63) is 83.4 Å². The molecular weight excluding hydrogens is 538 g/mol. The van der Waals surface area contributed by atoms with Crippen LogP contribution in [0.1, 0.15) is 16.7 Å². The molecule has 11 heteroatoms. The predicted molar refractivity (Wildman–Crippen MR) is 136 cm³/mol. The number of fused-ring (bicyclic) bond motifs is 1. The monoisotopic (exact) mass is 566 g/mol. The molecule has 1 fully saturated rings. The van der Waals surface area contributed by atoms with Crippen LogP contribution in [0.15, 0.2) is 66.7 Å². The smallest absolute Gasteiger partial charge is 0.430 e. The second-order valence-electron chi connectivity index (χ2n) is 10.0. The van der Waals surface area contributed by atoms with Gasteiger partial charge in [-0.25, -0.2) is 0 Å². The SMILES string of the molecule is OC(c1ccc(-c2ccc(CN3CCN(CCc4ccc5c(c4)OCO5)CC3)cc2)cc1)(C(F)(F)F)C(F)(F)F. The molecule has 2 aliphatic rings. The van der Waals surface area contributed by atoms with E-state index >= 15 is 0 Å². The summed E-state index contributed by atoms with van der Waals surface area (Å²) in [4.78, 5) is 4.77. The molecule has 1 N–H and O–H groups in total. The zero-order valence-electron chi connectivity index (χ0n) is 21.4. The minimum absolute atomic E-state index is 0.262. The average Bonchev–Trinajstić information content (AvgIpc) is 3.40. The third-order valence-corrected chi connectivity index (χ3v) is 7.44. The summed E-state index contributed by atoms with van der Waals surface area (Å²) in [6.07, 6.45) is -10.9. The molecule has 214 valence electrons. The lowest BCUT2D eigenvalue weighted by Crippen LogP contribution is -2.53. The summed E-state index contributed by atoms with van der Waals surface area (Å²) in [7, 11) is 0. The Kier molecular flexibility index (Phi) is 7.73. The third-order valence-electron chi connectivity index (χ3n) is 7.44. The number of alkyl halides is 6. The Labute approximate surface area is 227 Å². The standard InChI is InChI=1S/C29H28F6N2O3/c30-28(31,32)27(38,29(33,34)35)24-8-6-23(7-9-24)22-4-1-21(2-5-22)18-37-15-13-36(14-16-37)12-11-20-3-10-25-26(17-20)40-19-39-25/h1-10,17,38H,11-16,18-19H2. The van der Waals surface area contributed by atoms with Crippen LogP contribution in [0.2, 0.25) is 0 Å². The molecule has 1 saturated heterocycles. The Bertz CT molecular complexity index is 1290. The highest BCUT2D eigenvalue weighted by Crippen LogP contribution is 2.50. The van der Waals surface area contributed by atoms with Crippen molar-refractivity contribution in [2.45, 2.75) is 30.9 Å². The van der Waals surface area contributed by atoms with Crippen LogP contribution in [0, 0.1) is 0 Å². The van der Waals surface area contributed by atoms with Crippen LogP contribution in [0.3, 0.4) is 0 Å². The largest absolute Gasteiger partial charge is 0.454 e. The normalized spacial score (nSPS) is 16.9. The molecule has 5 rings (SSSR count). The summed E-state index contributed by atoms with van der Waals surface area (Å²) in [5.74, 6) is 1.57. The average molecular weight is 567 g/mol. The predicted octanol–water partition coefficient (Wildman–Crippen LogP) is 5.75. The van der Waals surface area contributed by atoms with Gasteiger partial charge in [-0.3, -0.25) is 4.90 Å². The second kappa shape index (κ2) is 10.9. The Balaban J connectivity index is 1.13. The lowest BCUT2D eigenvalue weighted by atomic mass is 9.90. The van der Waals surface area contributed by atoms with Gasteiger partial charge >= 0.3 is 12.4 Å². The minimum Gasteiger partial charge on any atom is -0.454 e. The number of hydrogen-bond donors (Lipinski definition) is 1. The van der Waals surface area contributed by atoms with E-state index in [1.165, 1.54) is 5.56 Å². The molecule has 2 aliphatic heterocycles. The topological polar surface area (TPSA) is 45.2 Å². The Morgan fingerprint density at radius 1 is 0.650 bits per heavy atom. The fraction of sp³-hybridized carbons (Fsp3) is 0.379. The minimum atomic E-state index is -5.91. The summed E-state index contributed by atoms with van der Waals surface area (Å²) in [5, 5.41) is 9.57. The molecule has 0 aromatic heterocycles. The molecule has 3 aromatic rings. The third kappa shape index (κ3) is 5.77. The number of ether oxygens (including phenoxy) is 2. The second-order valence-corrected chi connectivity index (χ2v) is 10.0. The number of piperazine rings is 1. The molecule has 0 atom stereocenters. The van der Waals surface area contributed by atoms with E-state index in [1.54, 1.807) is 12.1 Å². The van der Waals surface area contributed by atoms with Crippen molar-refractivity contribution in [2.75, 3.05) is 39.5 Å². The van der Waals surface area contributed by atoms with Gasteiger partial charge in [-0.15, -0.1) is 0 Å². The molecule has 0 unspecified atom stereocenters. The van der Waals surface area contributed by atoms with Gasteiger partial charge in [0.1, 0.15) is 0 Å². The Morgan fingerprint density at radius 3 is 1.77 bits per heavy atom. The lowest BCUT2D eigenvalue weighted by molar-refractivity contribution is -0.376. The number of rotatable bonds is 7. The highest BCUT2D eigenvalue weighted by molar-refractivity contribution is 5.64. The summed E-state index contributed by atoms with van der Waals surface area (Å²) in [6.45, 7) is 5.65. The highest BCUT2D eigenvalue weighted by Gasteiger charge is 2.71. The van der Waals surface area contributed by atoms with Gasteiger partial charge in [-0.1, -0.05) is 54.6 Å². The first-order valence-corrected chi connectivity index (χ1v) is 12.8. The maximum Gasteiger partial charge on any atom is 0.430 e. The Morgan fingerprint density at radius 2 is 1.18 bits per heavy atom.